The van der Waals surface area contributed by atoms with Crippen LogP contribution >= 0.6 is 0 Å². The van der Waals surface area contributed by atoms with Gasteiger partial charge in [0.15, 0.2) is 0 Å². The second-order valence-corrected chi connectivity index (χ2v) is 10.9. The summed E-state index contributed by atoms with van der Waals surface area (Å²) in [7, 11) is -1.31. The molecule has 0 aliphatic carbocycles. The number of ether oxygens (including phenoxy) is 1. The van der Waals surface area contributed by atoms with Crippen LogP contribution < -0.4 is 4.74 Å². The standard InChI is InChI=1S/C16H18OSi/c1-18(2,3)15-10-11-17-16-13-7-5-4-6-12(13)8-9-14(15)16/h4-10H,11H2,1-3H3. The van der Waals surface area contributed by atoms with Gasteiger partial charge < -0.3 is 4.74 Å². The smallest absolute Gasteiger partial charge is 0.134 e. The lowest BCUT2D eigenvalue weighted by atomic mass is 10.0. The Balaban J connectivity index is 2.28. The summed E-state index contributed by atoms with van der Waals surface area (Å²) in [5, 5.41) is 4.02. The van der Waals surface area contributed by atoms with Crippen LogP contribution in [0.4, 0.5) is 0 Å². The van der Waals surface area contributed by atoms with E-state index in [4.69, 9.17) is 4.74 Å². The minimum atomic E-state index is -1.31. The highest BCUT2D eigenvalue weighted by molar-refractivity contribution is 6.93. The monoisotopic (exact) mass is 254 g/mol. The fourth-order valence-corrected chi connectivity index (χ4v) is 4.34. The van der Waals surface area contributed by atoms with Crippen LogP contribution in [0.25, 0.3) is 16.0 Å². The number of rotatable bonds is 1. The van der Waals surface area contributed by atoms with Crippen molar-refractivity contribution < 1.29 is 4.74 Å². The van der Waals surface area contributed by atoms with E-state index < -0.39 is 8.07 Å². The van der Waals surface area contributed by atoms with Gasteiger partial charge in [-0.2, -0.15) is 0 Å². The lowest BCUT2D eigenvalue weighted by Crippen LogP contribution is -2.25. The Morgan fingerprint density at radius 1 is 1.00 bits per heavy atom. The van der Waals surface area contributed by atoms with Crippen LogP contribution in [-0.4, -0.2) is 14.7 Å². The van der Waals surface area contributed by atoms with E-state index in [0.717, 1.165) is 5.75 Å². The highest BCUT2D eigenvalue weighted by Crippen LogP contribution is 2.40. The van der Waals surface area contributed by atoms with Gasteiger partial charge in [-0.15, -0.1) is 0 Å². The molecule has 0 bridgehead atoms. The van der Waals surface area contributed by atoms with E-state index in [-0.39, 0.29) is 0 Å². The number of hydrogen-bond donors (Lipinski definition) is 0. The van der Waals surface area contributed by atoms with E-state index in [1.165, 1.54) is 21.5 Å². The Labute approximate surface area is 109 Å². The minimum absolute atomic E-state index is 0.709. The van der Waals surface area contributed by atoms with Gasteiger partial charge in [0.05, 0.1) is 8.07 Å². The predicted molar refractivity (Wildman–Crippen MR) is 80.8 cm³/mol. The van der Waals surface area contributed by atoms with Crippen LogP contribution in [0, 0.1) is 0 Å². The highest BCUT2D eigenvalue weighted by atomic mass is 28.3. The van der Waals surface area contributed by atoms with Gasteiger partial charge in [0, 0.05) is 10.9 Å². The molecule has 1 nitrogen and oxygen atoms in total. The summed E-state index contributed by atoms with van der Waals surface area (Å²) in [6.07, 6.45) is 2.27. The van der Waals surface area contributed by atoms with Crippen molar-refractivity contribution in [2.45, 2.75) is 19.6 Å². The maximum Gasteiger partial charge on any atom is 0.134 e. The summed E-state index contributed by atoms with van der Waals surface area (Å²) >= 11 is 0. The topological polar surface area (TPSA) is 9.23 Å². The SMILES string of the molecule is C[Si](C)(C)C1=CCOc2c1ccc1ccccc21. The average molecular weight is 254 g/mol. The van der Waals surface area contributed by atoms with E-state index in [9.17, 15) is 0 Å². The quantitative estimate of drug-likeness (QED) is 0.681. The largest absolute Gasteiger partial charge is 0.488 e. The van der Waals surface area contributed by atoms with Gasteiger partial charge in [-0.1, -0.05) is 56.0 Å². The predicted octanol–water partition coefficient (Wildman–Crippen LogP) is 4.49. The van der Waals surface area contributed by atoms with Gasteiger partial charge >= 0.3 is 0 Å². The second kappa shape index (κ2) is 3.99. The molecule has 1 heterocycles. The first-order chi connectivity index (χ1) is 8.57. The van der Waals surface area contributed by atoms with Crippen LogP contribution in [0.3, 0.4) is 0 Å². The molecule has 0 spiro atoms. The molecular weight excluding hydrogens is 236 g/mol. The summed E-state index contributed by atoms with van der Waals surface area (Å²) in [5.74, 6) is 1.08. The highest BCUT2D eigenvalue weighted by Gasteiger charge is 2.26. The number of fused-ring (bicyclic) bond motifs is 3. The molecule has 0 amide bonds. The molecule has 1 aliphatic rings. The molecule has 2 aromatic carbocycles. The van der Waals surface area contributed by atoms with Gasteiger partial charge in [-0.25, -0.2) is 0 Å². The van der Waals surface area contributed by atoms with Crippen molar-refractivity contribution in [1.29, 1.82) is 0 Å². The Morgan fingerprint density at radius 3 is 2.56 bits per heavy atom. The summed E-state index contributed by atoms with van der Waals surface area (Å²) in [5.41, 5.74) is 1.30. The summed E-state index contributed by atoms with van der Waals surface area (Å²) in [6, 6.07) is 12.9. The first-order valence-corrected chi connectivity index (χ1v) is 9.93. The number of hydrogen-bond acceptors (Lipinski definition) is 1. The van der Waals surface area contributed by atoms with Crippen LogP contribution in [0.5, 0.6) is 5.75 Å². The fourth-order valence-electron chi connectivity index (χ4n) is 2.64. The molecule has 1 aliphatic heterocycles. The molecule has 0 radical (unpaired) electrons. The summed E-state index contributed by atoms with van der Waals surface area (Å²) < 4.78 is 5.91. The zero-order valence-electron chi connectivity index (χ0n) is 11.2. The second-order valence-electron chi connectivity index (χ2n) is 5.84. The molecule has 18 heavy (non-hydrogen) atoms. The Kier molecular flexibility index (Phi) is 2.56. The third-order valence-electron chi connectivity index (χ3n) is 3.49. The van der Waals surface area contributed by atoms with Crippen LogP contribution in [0.2, 0.25) is 19.6 Å². The zero-order valence-corrected chi connectivity index (χ0v) is 12.2. The average Bonchev–Trinajstić information content (AvgIpc) is 2.36. The first-order valence-electron chi connectivity index (χ1n) is 6.43. The van der Waals surface area contributed by atoms with E-state index in [0.29, 0.717) is 6.61 Å². The maximum absolute atomic E-state index is 5.91. The maximum atomic E-state index is 5.91. The molecule has 0 N–H and O–H groups in total. The molecule has 0 unspecified atom stereocenters. The van der Waals surface area contributed by atoms with E-state index in [1.807, 2.05) is 0 Å². The van der Waals surface area contributed by atoms with Crippen LogP contribution in [0.1, 0.15) is 5.56 Å². The van der Waals surface area contributed by atoms with Crippen molar-refractivity contribution in [2.75, 3.05) is 6.61 Å². The van der Waals surface area contributed by atoms with Crippen LogP contribution in [-0.2, 0) is 0 Å². The number of benzene rings is 2. The molecule has 3 rings (SSSR count). The summed E-state index contributed by atoms with van der Waals surface area (Å²) in [6.45, 7) is 7.88. The molecular formula is C16H18OSi. The lowest BCUT2D eigenvalue weighted by Gasteiger charge is -2.27. The lowest BCUT2D eigenvalue weighted by molar-refractivity contribution is 0.362. The Morgan fingerprint density at radius 2 is 1.78 bits per heavy atom. The third-order valence-corrected chi connectivity index (χ3v) is 5.58. The van der Waals surface area contributed by atoms with E-state index >= 15 is 0 Å². The van der Waals surface area contributed by atoms with Crippen molar-refractivity contribution in [2.24, 2.45) is 0 Å². The molecule has 0 saturated carbocycles. The Hall–Kier alpha value is -1.54. The van der Waals surface area contributed by atoms with Gasteiger partial charge in [0.1, 0.15) is 12.4 Å². The zero-order chi connectivity index (χ0) is 12.8. The first kappa shape index (κ1) is 11.5. The van der Waals surface area contributed by atoms with E-state index in [1.54, 1.807) is 0 Å². The molecule has 0 fully saturated rings. The van der Waals surface area contributed by atoms with Crippen molar-refractivity contribution >= 4 is 24.0 Å². The van der Waals surface area contributed by atoms with Crippen molar-refractivity contribution in [3.63, 3.8) is 0 Å². The van der Waals surface area contributed by atoms with Crippen molar-refractivity contribution in [3.8, 4) is 5.75 Å². The minimum Gasteiger partial charge on any atom is -0.488 e. The fraction of sp³-hybridized carbons (Fsp3) is 0.250. The molecule has 0 atom stereocenters. The van der Waals surface area contributed by atoms with Gasteiger partial charge in [0.2, 0.25) is 0 Å². The molecule has 0 saturated heterocycles. The van der Waals surface area contributed by atoms with Crippen molar-refractivity contribution in [3.05, 3.63) is 48.0 Å². The normalized spacial score (nSPS) is 14.9. The van der Waals surface area contributed by atoms with Gasteiger partial charge in [-0.05, 0) is 16.7 Å². The Bertz CT molecular complexity index is 635. The molecule has 2 heteroatoms. The third kappa shape index (κ3) is 1.77. The molecule has 2 aromatic rings. The molecule has 92 valence electrons. The van der Waals surface area contributed by atoms with Gasteiger partial charge in [0.25, 0.3) is 0 Å². The summed E-state index contributed by atoms with van der Waals surface area (Å²) in [4.78, 5) is 0. The van der Waals surface area contributed by atoms with Crippen LogP contribution in [0.15, 0.2) is 42.5 Å². The molecule has 0 aromatic heterocycles. The van der Waals surface area contributed by atoms with Gasteiger partial charge in [-0.3, -0.25) is 0 Å². The van der Waals surface area contributed by atoms with Crippen molar-refractivity contribution in [1.82, 2.24) is 0 Å². The van der Waals surface area contributed by atoms with E-state index in [2.05, 4.69) is 62.1 Å².